The fraction of sp³-hybridized carbons (Fsp3) is 0.300. The van der Waals surface area contributed by atoms with Crippen LogP contribution in [0.5, 0.6) is 0 Å². The van der Waals surface area contributed by atoms with Crippen molar-refractivity contribution in [3.63, 3.8) is 0 Å². The van der Waals surface area contributed by atoms with Gasteiger partial charge in [0.2, 0.25) is 0 Å². The third-order valence-corrected chi connectivity index (χ3v) is 4.61. The number of piperazine rings is 1. The van der Waals surface area contributed by atoms with Crippen molar-refractivity contribution in [2.45, 2.75) is 13.8 Å². The Hall–Kier alpha value is -2.82. The summed E-state index contributed by atoms with van der Waals surface area (Å²) in [5.41, 5.74) is 4.10. The van der Waals surface area contributed by atoms with Crippen molar-refractivity contribution >= 4 is 17.6 Å². The highest BCUT2D eigenvalue weighted by Gasteiger charge is 2.23. The molecule has 2 aromatic rings. The lowest BCUT2D eigenvalue weighted by Gasteiger charge is -2.37. The average Bonchev–Trinajstić information content (AvgIpc) is 2.61. The van der Waals surface area contributed by atoms with E-state index < -0.39 is 5.97 Å². The Bertz CT molecular complexity index is 808. The van der Waals surface area contributed by atoms with E-state index in [1.165, 1.54) is 28.9 Å². The number of aromatic carboxylic acids is 1. The second kappa shape index (κ2) is 6.97. The molecule has 1 aliphatic rings. The van der Waals surface area contributed by atoms with E-state index in [9.17, 15) is 14.7 Å². The second-order valence-electron chi connectivity index (χ2n) is 6.44. The summed E-state index contributed by atoms with van der Waals surface area (Å²) < 4.78 is 0. The molecule has 1 amide bonds. The van der Waals surface area contributed by atoms with Crippen LogP contribution in [-0.2, 0) is 0 Å². The molecule has 5 nitrogen and oxygen atoms in total. The van der Waals surface area contributed by atoms with Crippen molar-refractivity contribution in [1.29, 1.82) is 0 Å². The fourth-order valence-electron chi connectivity index (χ4n) is 3.27. The quantitative estimate of drug-likeness (QED) is 0.854. The molecule has 0 unspecified atom stereocenters. The number of nitrogens with zero attached hydrogens (tertiary/aromatic N) is 2. The summed E-state index contributed by atoms with van der Waals surface area (Å²) in [6.07, 6.45) is 0. The van der Waals surface area contributed by atoms with Gasteiger partial charge in [-0.2, -0.15) is 0 Å². The molecule has 1 aliphatic heterocycles. The first-order valence-corrected chi connectivity index (χ1v) is 8.38. The van der Waals surface area contributed by atoms with Gasteiger partial charge in [-0.15, -0.1) is 0 Å². The van der Waals surface area contributed by atoms with E-state index >= 15 is 0 Å². The van der Waals surface area contributed by atoms with Gasteiger partial charge in [-0.3, -0.25) is 4.79 Å². The lowest BCUT2D eigenvalue weighted by atomic mass is 10.1. The standard InChI is InChI=1S/C20H22N2O3/c1-14-6-7-18(15(2)12-14)21-8-10-22(11-9-21)19(23)16-4-3-5-17(13-16)20(24)25/h3-7,12-13H,8-11H2,1-2H3,(H,24,25)/p-1. The van der Waals surface area contributed by atoms with E-state index in [0.29, 0.717) is 18.7 Å². The normalized spacial score (nSPS) is 14.5. The van der Waals surface area contributed by atoms with Gasteiger partial charge in [0.05, 0.1) is 5.97 Å². The molecule has 2 aromatic carbocycles. The molecule has 0 atom stereocenters. The van der Waals surface area contributed by atoms with Gasteiger partial charge in [0.25, 0.3) is 5.91 Å². The van der Waals surface area contributed by atoms with Gasteiger partial charge in [-0.1, -0.05) is 29.8 Å². The first-order chi connectivity index (χ1) is 12.0. The third-order valence-electron chi connectivity index (χ3n) is 4.61. The number of hydrogen-bond donors (Lipinski definition) is 0. The van der Waals surface area contributed by atoms with Crippen LogP contribution in [-0.4, -0.2) is 43.0 Å². The average molecular weight is 337 g/mol. The monoisotopic (exact) mass is 337 g/mol. The largest absolute Gasteiger partial charge is 0.545 e. The van der Waals surface area contributed by atoms with Gasteiger partial charge >= 0.3 is 0 Å². The number of benzene rings is 2. The smallest absolute Gasteiger partial charge is 0.253 e. The Balaban J connectivity index is 1.68. The zero-order valence-electron chi connectivity index (χ0n) is 14.5. The minimum atomic E-state index is -1.27. The van der Waals surface area contributed by atoms with E-state index in [4.69, 9.17) is 0 Å². The van der Waals surface area contributed by atoms with Crippen molar-refractivity contribution in [1.82, 2.24) is 4.90 Å². The number of carbonyl (C=O) groups is 2. The van der Waals surface area contributed by atoms with Gasteiger partial charge in [-0.05, 0) is 43.2 Å². The summed E-state index contributed by atoms with van der Waals surface area (Å²) >= 11 is 0. The number of anilines is 1. The Morgan fingerprint density at radius 2 is 1.60 bits per heavy atom. The van der Waals surface area contributed by atoms with Crippen molar-refractivity contribution < 1.29 is 14.7 Å². The van der Waals surface area contributed by atoms with E-state index in [2.05, 4.69) is 36.9 Å². The van der Waals surface area contributed by atoms with Gasteiger partial charge in [0.1, 0.15) is 0 Å². The lowest BCUT2D eigenvalue weighted by molar-refractivity contribution is -0.255. The molecule has 1 fully saturated rings. The molecule has 3 rings (SSSR count). The number of amides is 1. The van der Waals surface area contributed by atoms with Crippen LogP contribution >= 0.6 is 0 Å². The zero-order valence-corrected chi connectivity index (χ0v) is 14.5. The van der Waals surface area contributed by atoms with Crippen LogP contribution in [0, 0.1) is 13.8 Å². The Morgan fingerprint density at radius 3 is 2.24 bits per heavy atom. The summed E-state index contributed by atoms with van der Waals surface area (Å²) in [5, 5.41) is 11.0. The number of carboxylic acids is 1. The summed E-state index contributed by atoms with van der Waals surface area (Å²) in [6.45, 7) is 6.93. The minimum absolute atomic E-state index is 0.0276. The van der Waals surface area contributed by atoms with Crippen LogP contribution in [0.15, 0.2) is 42.5 Å². The molecule has 1 heterocycles. The van der Waals surface area contributed by atoms with Crippen LogP contribution in [0.3, 0.4) is 0 Å². The molecule has 0 bridgehead atoms. The molecule has 5 heteroatoms. The number of carboxylic acid groups (broad SMARTS) is 1. The third kappa shape index (κ3) is 3.65. The molecule has 1 saturated heterocycles. The first kappa shape index (κ1) is 17.0. The molecular weight excluding hydrogens is 316 g/mol. The van der Waals surface area contributed by atoms with E-state index in [1.54, 1.807) is 17.0 Å². The number of hydrogen-bond acceptors (Lipinski definition) is 4. The van der Waals surface area contributed by atoms with Crippen molar-refractivity contribution in [3.05, 3.63) is 64.7 Å². The molecule has 0 aliphatic carbocycles. The lowest BCUT2D eigenvalue weighted by Crippen LogP contribution is -2.49. The highest BCUT2D eigenvalue weighted by atomic mass is 16.4. The maximum absolute atomic E-state index is 12.6. The highest BCUT2D eigenvalue weighted by Crippen LogP contribution is 2.23. The SMILES string of the molecule is Cc1ccc(N2CCN(C(=O)c3cccc(C(=O)[O-])c3)CC2)c(C)c1. The van der Waals surface area contributed by atoms with Gasteiger partial charge in [0, 0.05) is 37.4 Å². The molecule has 130 valence electrons. The number of rotatable bonds is 3. The predicted octanol–water partition coefficient (Wildman–Crippen LogP) is 1.63. The summed E-state index contributed by atoms with van der Waals surface area (Å²) in [4.78, 5) is 27.6. The van der Waals surface area contributed by atoms with Gasteiger partial charge in [0.15, 0.2) is 0 Å². The molecule has 0 radical (unpaired) electrons. The maximum atomic E-state index is 12.6. The molecular formula is C20H21N2O3-. The Kier molecular flexibility index (Phi) is 4.74. The topological polar surface area (TPSA) is 63.7 Å². The molecule has 0 spiro atoms. The molecule has 0 N–H and O–H groups in total. The summed E-state index contributed by atoms with van der Waals surface area (Å²) in [6, 6.07) is 12.4. The van der Waals surface area contributed by atoms with Gasteiger partial charge < -0.3 is 19.7 Å². The molecule has 0 saturated carbocycles. The van der Waals surface area contributed by atoms with E-state index in [-0.39, 0.29) is 11.5 Å². The molecule has 0 aromatic heterocycles. The Labute approximate surface area is 147 Å². The van der Waals surface area contributed by atoms with Crippen LogP contribution in [0.1, 0.15) is 31.8 Å². The minimum Gasteiger partial charge on any atom is -0.545 e. The van der Waals surface area contributed by atoms with Crippen molar-refractivity contribution in [2.24, 2.45) is 0 Å². The predicted molar refractivity (Wildman–Crippen MR) is 94.8 cm³/mol. The van der Waals surface area contributed by atoms with Crippen LogP contribution < -0.4 is 10.0 Å². The van der Waals surface area contributed by atoms with Gasteiger partial charge in [-0.25, -0.2) is 0 Å². The second-order valence-corrected chi connectivity index (χ2v) is 6.44. The number of aryl methyl sites for hydroxylation is 2. The number of carbonyl (C=O) groups excluding carboxylic acids is 2. The fourth-order valence-corrected chi connectivity index (χ4v) is 3.27. The van der Waals surface area contributed by atoms with Crippen molar-refractivity contribution in [2.75, 3.05) is 31.1 Å². The van der Waals surface area contributed by atoms with E-state index in [0.717, 1.165) is 13.1 Å². The van der Waals surface area contributed by atoms with Crippen molar-refractivity contribution in [3.8, 4) is 0 Å². The highest BCUT2D eigenvalue weighted by molar-refractivity contribution is 5.97. The maximum Gasteiger partial charge on any atom is 0.253 e. The Morgan fingerprint density at radius 1 is 0.920 bits per heavy atom. The zero-order chi connectivity index (χ0) is 18.0. The van der Waals surface area contributed by atoms with E-state index in [1.807, 2.05) is 0 Å². The van der Waals surface area contributed by atoms with Crippen LogP contribution in [0.4, 0.5) is 5.69 Å². The summed E-state index contributed by atoms with van der Waals surface area (Å²) in [7, 11) is 0. The first-order valence-electron chi connectivity index (χ1n) is 8.38. The molecule has 25 heavy (non-hydrogen) atoms. The van der Waals surface area contributed by atoms with Crippen LogP contribution in [0.25, 0.3) is 0 Å². The summed E-state index contributed by atoms with van der Waals surface area (Å²) in [5.74, 6) is -1.40. The van der Waals surface area contributed by atoms with Crippen LogP contribution in [0.2, 0.25) is 0 Å².